The van der Waals surface area contributed by atoms with Crippen molar-refractivity contribution in [3.05, 3.63) is 65.4 Å². The summed E-state index contributed by atoms with van der Waals surface area (Å²) in [4.78, 5) is 9.29. The Labute approximate surface area is 151 Å². The van der Waals surface area contributed by atoms with Crippen LogP contribution in [0.4, 0.5) is 0 Å². The van der Waals surface area contributed by atoms with Crippen molar-refractivity contribution >= 4 is 11.8 Å². The lowest BCUT2D eigenvalue weighted by Gasteiger charge is -2.07. The van der Waals surface area contributed by atoms with E-state index in [-0.39, 0.29) is 0 Å². The number of fused-ring (bicyclic) bond motifs is 1. The van der Waals surface area contributed by atoms with Gasteiger partial charge in [0.15, 0.2) is 17.3 Å². The van der Waals surface area contributed by atoms with Crippen LogP contribution >= 0.6 is 11.8 Å². The Morgan fingerprint density at radius 3 is 2.56 bits per heavy atom. The third-order valence-electron chi connectivity index (χ3n) is 3.96. The summed E-state index contributed by atoms with van der Waals surface area (Å²) in [6.45, 7) is 4.38. The monoisotopic (exact) mass is 350 g/mol. The summed E-state index contributed by atoms with van der Waals surface area (Å²) >= 11 is 1.70. The highest BCUT2D eigenvalue weighted by Gasteiger charge is 2.13. The van der Waals surface area contributed by atoms with Crippen molar-refractivity contribution in [1.29, 1.82) is 0 Å². The third-order valence-corrected chi connectivity index (χ3v) is 4.95. The highest BCUT2D eigenvalue weighted by atomic mass is 32.2. The van der Waals surface area contributed by atoms with Gasteiger partial charge in [-0.25, -0.2) is 9.97 Å². The average Bonchev–Trinajstić information content (AvgIpc) is 3.08. The zero-order valence-electron chi connectivity index (χ0n) is 14.2. The molecule has 0 saturated heterocycles. The van der Waals surface area contributed by atoms with Gasteiger partial charge in [0, 0.05) is 17.0 Å². The fourth-order valence-corrected chi connectivity index (χ4v) is 3.53. The second-order valence-electron chi connectivity index (χ2n) is 6.01. The Kier molecular flexibility index (Phi) is 4.32. The molecule has 1 aromatic heterocycles. The highest BCUT2D eigenvalue weighted by Crippen LogP contribution is 2.34. The van der Waals surface area contributed by atoms with Gasteiger partial charge in [-0.2, -0.15) is 0 Å². The number of nitrogens with zero attached hydrogens (tertiary/aromatic N) is 2. The molecule has 4 nitrogen and oxygen atoms in total. The van der Waals surface area contributed by atoms with Gasteiger partial charge in [-0.3, -0.25) is 0 Å². The molecule has 0 spiro atoms. The minimum Gasteiger partial charge on any atom is -0.454 e. The Morgan fingerprint density at radius 2 is 1.72 bits per heavy atom. The molecule has 0 N–H and O–H groups in total. The van der Waals surface area contributed by atoms with Crippen LogP contribution in [0.5, 0.6) is 11.5 Å². The molecule has 5 heteroatoms. The Morgan fingerprint density at radius 1 is 0.920 bits per heavy atom. The first-order chi connectivity index (χ1) is 12.2. The van der Waals surface area contributed by atoms with Crippen molar-refractivity contribution in [3.8, 4) is 22.9 Å². The van der Waals surface area contributed by atoms with Gasteiger partial charge in [0.1, 0.15) is 5.03 Å². The van der Waals surface area contributed by atoms with E-state index in [0.717, 1.165) is 39.4 Å². The molecular weight excluding hydrogens is 332 g/mol. The van der Waals surface area contributed by atoms with E-state index in [1.165, 1.54) is 11.1 Å². The van der Waals surface area contributed by atoms with E-state index in [9.17, 15) is 0 Å². The first-order valence-electron chi connectivity index (χ1n) is 8.11. The second-order valence-corrected chi connectivity index (χ2v) is 7.01. The number of aromatic nitrogens is 2. The van der Waals surface area contributed by atoms with Crippen LogP contribution < -0.4 is 9.47 Å². The molecule has 126 valence electrons. The van der Waals surface area contributed by atoms with E-state index in [4.69, 9.17) is 14.5 Å². The molecule has 1 aliphatic heterocycles. The highest BCUT2D eigenvalue weighted by molar-refractivity contribution is 7.98. The van der Waals surface area contributed by atoms with Crippen LogP contribution in [0, 0.1) is 13.8 Å². The van der Waals surface area contributed by atoms with Crippen LogP contribution in [-0.4, -0.2) is 16.8 Å². The summed E-state index contributed by atoms with van der Waals surface area (Å²) in [5, 5.41) is 0.973. The van der Waals surface area contributed by atoms with E-state index in [1.807, 2.05) is 25.1 Å². The molecule has 2 aromatic carbocycles. The maximum absolute atomic E-state index is 5.44. The van der Waals surface area contributed by atoms with Crippen molar-refractivity contribution in [3.63, 3.8) is 0 Å². The fraction of sp³-hybridized carbons (Fsp3) is 0.200. The lowest BCUT2D eigenvalue weighted by Crippen LogP contribution is -1.94. The molecule has 4 rings (SSSR count). The zero-order chi connectivity index (χ0) is 17.2. The largest absolute Gasteiger partial charge is 0.454 e. The van der Waals surface area contributed by atoms with Gasteiger partial charge in [-0.15, -0.1) is 11.8 Å². The predicted molar refractivity (Wildman–Crippen MR) is 99.1 cm³/mol. The van der Waals surface area contributed by atoms with Crippen LogP contribution in [0.2, 0.25) is 0 Å². The molecule has 0 saturated carbocycles. The van der Waals surface area contributed by atoms with Crippen LogP contribution in [0.25, 0.3) is 11.4 Å². The van der Waals surface area contributed by atoms with Crippen molar-refractivity contribution in [1.82, 2.24) is 9.97 Å². The summed E-state index contributed by atoms with van der Waals surface area (Å²) in [7, 11) is 0. The predicted octanol–water partition coefficient (Wildman–Crippen LogP) is 4.78. The van der Waals surface area contributed by atoms with Gasteiger partial charge >= 0.3 is 0 Å². The van der Waals surface area contributed by atoms with Gasteiger partial charge in [0.2, 0.25) is 6.79 Å². The van der Waals surface area contributed by atoms with Crippen LogP contribution in [0.1, 0.15) is 16.8 Å². The fourth-order valence-electron chi connectivity index (χ4n) is 2.63. The minimum absolute atomic E-state index is 0.303. The Balaban J connectivity index is 1.53. The zero-order valence-corrected chi connectivity index (χ0v) is 15.0. The lowest BCUT2D eigenvalue weighted by atomic mass is 10.1. The number of rotatable bonds is 4. The van der Waals surface area contributed by atoms with E-state index in [1.54, 1.807) is 11.8 Å². The molecule has 0 amide bonds. The summed E-state index contributed by atoms with van der Waals surface area (Å²) in [5.74, 6) is 3.22. The number of benzene rings is 2. The summed E-state index contributed by atoms with van der Waals surface area (Å²) in [5.41, 5.74) is 4.43. The Bertz CT molecular complexity index is 910. The molecule has 0 unspecified atom stereocenters. The van der Waals surface area contributed by atoms with Crippen molar-refractivity contribution in [2.75, 3.05) is 6.79 Å². The SMILES string of the molecule is Cc1ccc(-c2nc(C)cc(SCc3ccc4c(c3)OCO4)n2)cc1. The van der Waals surface area contributed by atoms with Gasteiger partial charge < -0.3 is 9.47 Å². The first-order valence-corrected chi connectivity index (χ1v) is 9.10. The Hall–Kier alpha value is -2.53. The van der Waals surface area contributed by atoms with Gasteiger partial charge in [-0.05, 0) is 37.6 Å². The summed E-state index contributed by atoms with van der Waals surface area (Å²) < 4.78 is 10.8. The standard InChI is InChI=1S/C20H18N2O2S/c1-13-3-6-16(7-4-13)20-21-14(2)9-19(22-20)25-11-15-5-8-17-18(10-15)24-12-23-17/h3-10H,11-12H2,1-2H3. The molecular formula is C20H18N2O2S. The van der Waals surface area contributed by atoms with Gasteiger partial charge in [0.05, 0.1) is 0 Å². The molecule has 3 aromatic rings. The van der Waals surface area contributed by atoms with Crippen molar-refractivity contribution < 1.29 is 9.47 Å². The molecule has 0 bridgehead atoms. The van der Waals surface area contributed by atoms with Crippen molar-refractivity contribution in [2.45, 2.75) is 24.6 Å². The number of aryl methyl sites for hydroxylation is 2. The van der Waals surface area contributed by atoms with E-state index in [2.05, 4.69) is 42.2 Å². The normalized spacial score (nSPS) is 12.4. The molecule has 2 heterocycles. The summed E-state index contributed by atoms with van der Waals surface area (Å²) in [6.07, 6.45) is 0. The maximum atomic E-state index is 5.44. The molecule has 0 fully saturated rings. The van der Waals surface area contributed by atoms with E-state index >= 15 is 0 Å². The number of thioether (sulfide) groups is 1. The molecule has 25 heavy (non-hydrogen) atoms. The van der Waals surface area contributed by atoms with Gasteiger partial charge in [0.25, 0.3) is 0 Å². The van der Waals surface area contributed by atoms with E-state index < -0.39 is 0 Å². The maximum Gasteiger partial charge on any atom is 0.231 e. The van der Waals surface area contributed by atoms with Gasteiger partial charge in [-0.1, -0.05) is 35.9 Å². The molecule has 1 aliphatic rings. The van der Waals surface area contributed by atoms with E-state index in [0.29, 0.717) is 6.79 Å². The lowest BCUT2D eigenvalue weighted by molar-refractivity contribution is 0.174. The van der Waals surface area contributed by atoms with Crippen molar-refractivity contribution in [2.24, 2.45) is 0 Å². The third kappa shape index (κ3) is 3.61. The minimum atomic E-state index is 0.303. The van der Waals surface area contributed by atoms with Crippen LogP contribution in [-0.2, 0) is 5.75 Å². The molecule has 0 aliphatic carbocycles. The second kappa shape index (κ2) is 6.76. The topological polar surface area (TPSA) is 44.2 Å². The number of ether oxygens (including phenoxy) is 2. The number of hydrogen-bond donors (Lipinski definition) is 0. The summed E-state index contributed by atoms with van der Waals surface area (Å²) in [6, 6.07) is 16.4. The van der Waals surface area contributed by atoms with Crippen LogP contribution in [0.3, 0.4) is 0 Å². The smallest absolute Gasteiger partial charge is 0.231 e. The molecule has 0 atom stereocenters. The first kappa shape index (κ1) is 16.0. The van der Waals surface area contributed by atoms with Crippen LogP contribution in [0.15, 0.2) is 53.6 Å². The molecule has 0 radical (unpaired) electrons. The quantitative estimate of drug-likeness (QED) is 0.500. The average molecular weight is 350 g/mol. The number of hydrogen-bond acceptors (Lipinski definition) is 5.